The van der Waals surface area contributed by atoms with Gasteiger partial charge in [0, 0.05) is 6.42 Å². The maximum atomic E-state index is 10.9. The van der Waals surface area contributed by atoms with Crippen molar-refractivity contribution in [3.63, 3.8) is 0 Å². The van der Waals surface area contributed by atoms with Crippen molar-refractivity contribution in [2.75, 3.05) is 11.9 Å². The molecule has 1 aromatic rings. The van der Waals surface area contributed by atoms with Gasteiger partial charge in [0.25, 0.3) is 0 Å². The predicted octanol–water partition coefficient (Wildman–Crippen LogP) is 2.43. The molecule has 0 saturated heterocycles. The van der Waals surface area contributed by atoms with Gasteiger partial charge in [0.05, 0.1) is 30.2 Å². The minimum absolute atomic E-state index is 0.139. The van der Waals surface area contributed by atoms with Crippen LogP contribution in [-0.4, -0.2) is 17.7 Å². The van der Waals surface area contributed by atoms with E-state index >= 15 is 0 Å². The SMILES string of the molecule is N#Cc1ccc(COCCC(=O)CBr)cc1. The lowest BCUT2D eigenvalue weighted by atomic mass is 10.2. The summed E-state index contributed by atoms with van der Waals surface area (Å²) in [5.74, 6) is 0.139. The average Bonchev–Trinajstić information content (AvgIpc) is 2.35. The third-order valence-corrected chi connectivity index (χ3v) is 2.65. The normalized spacial score (nSPS) is 9.75. The minimum atomic E-state index is 0.139. The second-order valence-corrected chi connectivity index (χ2v) is 3.84. The smallest absolute Gasteiger partial charge is 0.145 e. The molecule has 0 atom stereocenters. The number of rotatable bonds is 6. The Balaban J connectivity index is 2.27. The van der Waals surface area contributed by atoms with Gasteiger partial charge < -0.3 is 4.74 Å². The molecule has 0 fully saturated rings. The number of carbonyl (C=O) groups is 1. The third kappa shape index (κ3) is 4.56. The molecule has 0 radical (unpaired) electrons. The number of alkyl halides is 1. The fourth-order valence-corrected chi connectivity index (χ4v) is 1.40. The van der Waals surface area contributed by atoms with Gasteiger partial charge in [-0.15, -0.1) is 0 Å². The van der Waals surface area contributed by atoms with Gasteiger partial charge in [0.15, 0.2) is 0 Å². The van der Waals surface area contributed by atoms with E-state index in [0.29, 0.717) is 30.5 Å². The molecule has 16 heavy (non-hydrogen) atoms. The Bertz CT molecular complexity index is 381. The number of hydrogen-bond acceptors (Lipinski definition) is 3. The van der Waals surface area contributed by atoms with Gasteiger partial charge in [0.2, 0.25) is 0 Å². The summed E-state index contributed by atoms with van der Waals surface area (Å²) in [4.78, 5) is 10.9. The molecule has 0 aromatic heterocycles. The van der Waals surface area contributed by atoms with Gasteiger partial charge >= 0.3 is 0 Å². The van der Waals surface area contributed by atoms with E-state index in [1.807, 2.05) is 12.1 Å². The minimum Gasteiger partial charge on any atom is -0.376 e. The Kier molecular flexibility index (Phi) is 5.76. The number of benzene rings is 1. The number of Topliss-reactive ketones (excluding diaryl/α,β-unsaturated/α-hetero) is 1. The zero-order valence-corrected chi connectivity index (χ0v) is 10.4. The Morgan fingerprint density at radius 2 is 2.06 bits per heavy atom. The van der Waals surface area contributed by atoms with Crippen LogP contribution in [0.1, 0.15) is 17.5 Å². The van der Waals surface area contributed by atoms with E-state index in [1.54, 1.807) is 12.1 Å². The van der Waals surface area contributed by atoms with Crippen LogP contribution in [0.2, 0.25) is 0 Å². The van der Waals surface area contributed by atoms with Crippen molar-refractivity contribution in [1.82, 2.24) is 0 Å². The molecule has 84 valence electrons. The zero-order chi connectivity index (χ0) is 11.8. The molecule has 1 rings (SSSR count). The molecule has 0 bridgehead atoms. The quantitative estimate of drug-likeness (QED) is 0.594. The van der Waals surface area contributed by atoms with Crippen LogP contribution in [0.5, 0.6) is 0 Å². The summed E-state index contributed by atoms with van der Waals surface area (Å²) in [5, 5.41) is 8.99. The molecule has 0 heterocycles. The molecular weight excluding hydrogens is 270 g/mol. The number of nitriles is 1. The average molecular weight is 282 g/mol. The van der Waals surface area contributed by atoms with Crippen molar-refractivity contribution in [3.8, 4) is 6.07 Å². The van der Waals surface area contributed by atoms with Crippen molar-refractivity contribution in [1.29, 1.82) is 5.26 Å². The summed E-state index contributed by atoms with van der Waals surface area (Å²) in [7, 11) is 0. The number of ketones is 1. The van der Waals surface area contributed by atoms with Crippen LogP contribution in [0.3, 0.4) is 0 Å². The number of nitrogens with zero attached hydrogens (tertiary/aromatic N) is 1. The first kappa shape index (κ1) is 12.9. The topological polar surface area (TPSA) is 50.1 Å². The first-order chi connectivity index (χ1) is 7.76. The van der Waals surface area contributed by atoms with Gasteiger partial charge in [-0.2, -0.15) is 5.26 Å². The van der Waals surface area contributed by atoms with Crippen LogP contribution in [-0.2, 0) is 16.1 Å². The molecule has 0 N–H and O–H groups in total. The van der Waals surface area contributed by atoms with Gasteiger partial charge in [-0.25, -0.2) is 0 Å². The van der Waals surface area contributed by atoms with E-state index in [-0.39, 0.29) is 5.78 Å². The highest BCUT2D eigenvalue weighted by Gasteiger charge is 1.99. The highest BCUT2D eigenvalue weighted by molar-refractivity contribution is 9.09. The van der Waals surface area contributed by atoms with E-state index in [0.717, 1.165) is 5.56 Å². The number of halogens is 1. The molecule has 0 spiro atoms. The van der Waals surface area contributed by atoms with E-state index in [1.165, 1.54) is 0 Å². The molecule has 1 aromatic carbocycles. The summed E-state index contributed by atoms with van der Waals surface area (Å²) in [6.07, 6.45) is 0.432. The largest absolute Gasteiger partial charge is 0.376 e. The van der Waals surface area contributed by atoms with Crippen LogP contribution < -0.4 is 0 Å². The van der Waals surface area contributed by atoms with Crippen LogP contribution in [0.15, 0.2) is 24.3 Å². The van der Waals surface area contributed by atoms with Crippen molar-refractivity contribution in [2.24, 2.45) is 0 Å². The highest BCUT2D eigenvalue weighted by Crippen LogP contribution is 2.05. The second-order valence-electron chi connectivity index (χ2n) is 3.28. The van der Waals surface area contributed by atoms with Crippen LogP contribution in [0.4, 0.5) is 0 Å². The van der Waals surface area contributed by atoms with Crippen molar-refractivity contribution < 1.29 is 9.53 Å². The molecule has 0 aliphatic carbocycles. The Morgan fingerprint density at radius 3 is 2.62 bits per heavy atom. The molecule has 0 amide bonds. The maximum Gasteiger partial charge on any atom is 0.145 e. The van der Waals surface area contributed by atoms with Gasteiger partial charge in [-0.05, 0) is 17.7 Å². The summed E-state index contributed by atoms with van der Waals surface area (Å²) < 4.78 is 5.34. The number of hydrogen-bond donors (Lipinski definition) is 0. The maximum absolute atomic E-state index is 10.9. The molecule has 0 saturated carbocycles. The van der Waals surface area contributed by atoms with E-state index < -0.39 is 0 Å². The fourth-order valence-electron chi connectivity index (χ4n) is 1.12. The zero-order valence-electron chi connectivity index (χ0n) is 8.78. The number of ether oxygens (including phenoxy) is 1. The molecule has 3 nitrogen and oxygen atoms in total. The van der Waals surface area contributed by atoms with Crippen molar-refractivity contribution in [3.05, 3.63) is 35.4 Å². The molecular formula is C12H12BrNO2. The molecule has 0 aliphatic rings. The summed E-state index contributed by atoms with van der Waals surface area (Å²) in [6.45, 7) is 0.908. The van der Waals surface area contributed by atoms with Crippen molar-refractivity contribution >= 4 is 21.7 Å². The van der Waals surface area contributed by atoms with Gasteiger partial charge in [-0.1, -0.05) is 28.1 Å². The second kappa shape index (κ2) is 7.15. The lowest BCUT2D eigenvalue weighted by molar-refractivity contribution is -0.117. The monoisotopic (exact) mass is 281 g/mol. The lowest BCUT2D eigenvalue weighted by Crippen LogP contribution is -2.04. The third-order valence-electron chi connectivity index (χ3n) is 2.03. The first-order valence-electron chi connectivity index (χ1n) is 4.90. The summed E-state index contributed by atoms with van der Waals surface area (Å²) in [5.41, 5.74) is 1.64. The fraction of sp³-hybridized carbons (Fsp3) is 0.333. The molecule has 4 heteroatoms. The first-order valence-corrected chi connectivity index (χ1v) is 6.03. The Labute approximate surface area is 103 Å². The number of carbonyl (C=O) groups excluding carboxylic acids is 1. The Hall–Kier alpha value is -1.18. The standard InChI is InChI=1S/C12H12BrNO2/c13-7-12(15)5-6-16-9-11-3-1-10(8-14)2-4-11/h1-4H,5-7,9H2. The summed E-state index contributed by atoms with van der Waals surface area (Å²) >= 11 is 3.09. The molecule has 0 aliphatic heterocycles. The predicted molar refractivity (Wildman–Crippen MR) is 64.2 cm³/mol. The van der Waals surface area contributed by atoms with Crippen LogP contribution in [0.25, 0.3) is 0 Å². The van der Waals surface area contributed by atoms with Gasteiger partial charge in [0.1, 0.15) is 5.78 Å². The molecule has 0 unspecified atom stereocenters. The van der Waals surface area contributed by atoms with E-state index in [9.17, 15) is 4.79 Å². The highest BCUT2D eigenvalue weighted by atomic mass is 79.9. The van der Waals surface area contributed by atoms with E-state index in [4.69, 9.17) is 10.00 Å². The lowest BCUT2D eigenvalue weighted by Gasteiger charge is -2.03. The van der Waals surface area contributed by atoms with E-state index in [2.05, 4.69) is 22.0 Å². The van der Waals surface area contributed by atoms with Gasteiger partial charge in [-0.3, -0.25) is 4.79 Å². The van der Waals surface area contributed by atoms with Crippen molar-refractivity contribution in [2.45, 2.75) is 13.0 Å². The summed E-state index contributed by atoms with van der Waals surface area (Å²) in [6, 6.07) is 9.26. The van der Waals surface area contributed by atoms with Crippen LogP contribution in [0, 0.1) is 11.3 Å². The van der Waals surface area contributed by atoms with Crippen LogP contribution >= 0.6 is 15.9 Å². The Morgan fingerprint density at radius 1 is 1.38 bits per heavy atom.